The number of hydrogen-bond donors (Lipinski definition) is 1. The minimum absolute atomic E-state index is 0.103. The topological polar surface area (TPSA) is 96.0 Å². The van der Waals surface area contributed by atoms with Gasteiger partial charge >= 0.3 is 0 Å². The molecule has 1 atom stereocenters. The number of carbonyl (C=O) groups excluding carboxylic acids is 2. The largest absolute Gasteiger partial charge is 0.497 e. The SMILES string of the molecule is COc1ccc(CN(C(=O)CN(c2ccc(C34CC5CC(CC(C5)C3)C4)cc2)S(C)(=O)=O)[C@H](C)C(=O)NC2CCCCC2)cc1. The Bertz CT molecular complexity index is 1430. The van der Waals surface area contributed by atoms with Crippen molar-refractivity contribution in [1.29, 1.82) is 0 Å². The van der Waals surface area contributed by atoms with Gasteiger partial charge in [0.25, 0.3) is 0 Å². The van der Waals surface area contributed by atoms with E-state index in [1.807, 2.05) is 36.4 Å². The molecule has 2 amide bonds. The Morgan fingerprint density at radius 1 is 0.911 bits per heavy atom. The van der Waals surface area contributed by atoms with E-state index < -0.39 is 22.0 Å². The van der Waals surface area contributed by atoms with Crippen LogP contribution in [0.3, 0.4) is 0 Å². The van der Waals surface area contributed by atoms with Gasteiger partial charge in [0.15, 0.2) is 0 Å². The van der Waals surface area contributed by atoms with Gasteiger partial charge in [0.1, 0.15) is 18.3 Å². The van der Waals surface area contributed by atoms with E-state index in [-0.39, 0.29) is 30.5 Å². The molecule has 5 saturated carbocycles. The van der Waals surface area contributed by atoms with E-state index in [0.717, 1.165) is 55.3 Å². The summed E-state index contributed by atoms with van der Waals surface area (Å²) in [5.74, 6) is 2.50. The van der Waals surface area contributed by atoms with Crippen molar-refractivity contribution in [2.45, 2.75) is 102 Å². The first-order chi connectivity index (χ1) is 21.5. The van der Waals surface area contributed by atoms with Gasteiger partial charge in [-0.25, -0.2) is 8.42 Å². The van der Waals surface area contributed by atoms with Crippen LogP contribution >= 0.6 is 0 Å². The molecule has 5 aliphatic rings. The van der Waals surface area contributed by atoms with Crippen LogP contribution in [0.2, 0.25) is 0 Å². The molecule has 0 spiro atoms. The molecule has 5 fully saturated rings. The Labute approximate surface area is 268 Å². The molecule has 0 aliphatic heterocycles. The van der Waals surface area contributed by atoms with Gasteiger partial charge in [-0.2, -0.15) is 0 Å². The molecule has 4 bridgehead atoms. The first-order valence-corrected chi connectivity index (χ1v) is 18.7. The number of methoxy groups -OCH3 is 1. The first kappa shape index (κ1) is 31.9. The van der Waals surface area contributed by atoms with Gasteiger partial charge in [0.05, 0.1) is 19.1 Å². The summed E-state index contributed by atoms with van der Waals surface area (Å²) >= 11 is 0. The van der Waals surface area contributed by atoms with Crippen molar-refractivity contribution in [3.05, 3.63) is 59.7 Å². The summed E-state index contributed by atoms with van der Waals surface area (Å²) in [5, 5.41) is 3.15. The van der Waals surface area contributed by atoms with Crippen molar-refractivity contribution in [2.24, 2.45) is 17.8 Å². The van der Waals surface area contributed by atoms with Gasteiger partial charge < -0.3 is 15.0 Å². The maximum Gasteiger partial charge on any atom is 0.244 e. The van der Waals surface area contributed by atoms with E-state index in [1.165, 1.54) is 59.7 Å². The number of carbonyl (C=O) groups is 2. The lowest BCUT2D eigenvalue weighted by molar-refractivity contribution is -0.139. The number of nitrogens with one attached hydrogen (secondary N) is 1. The van der Waals surface area contributed by atoms with Gasteiger partial charge in [-0.1, -0.05) is 43.5 Å². The third kappa shape index (κ3) is 7.03. The second kappa shape index (κ2) is 13.0. The summed E-state index contributed by atoms with van der Waals surface area (Å²) < 4.78 is 32.8. The summed E-state index contributed by atoms with van der Waals surface area (Å²) in [6, 6.07) is 14.6. The van der Waals surface area contributed by atoms with Gasteiger partial charge in [-0.05, 0) is 117 Å². The third-order valence-corrected chi connectivity index (χ3v) is 12.3. The fourth-order valence-electron chi connectivity index (χ4n) is 9.14. The van der Waals surface area contributed by atoms with Crippen LogP contribution in [0.15, 0.2) is 48.5 Å². The van der Waals surface area contributed by atoms with Crippen LogP contribution in [0, 0.1) is 17.8 Å². The quantitative estimate of drug-likeness (QED) is 0.337. The monoisotopic (exact) mass is 635 g/mol. The normalized spacial score (nSPS) is 26.7. The van der Waals surface area contributed by atoms with Crippen LogP contribution in [0.25, 0.3) is 0 Å². The number of amides is 2. The average molecular weight is 636 g/mol. The fourth-order valence-corrected chi connectivity index (χ4v) is 9.99. The van der Waals surface area contributed by atoms with Crippen molar-refractivity contribution in [3.8, 4) is 5.75 Å². The Morgan fingerprint density at radius 2 is 1.49 bits per heavy atom. The van der Waals surface area contributed by atoms with Crippen molar-refractivity contribution >= 4 is 27.5 Å². The highest BCUT2D eigenvalue weighted by molar-refractivity contribution is 7.92. The molecule has 7 rings (SSSR count). The number of nitrogens with zero attached hydrogens (tertiary/aromatic N) is 2. The van der Waals surface area contributed by atoms with Crippen LogP contribution in [-0.4, -0.2) is 57.1 Å². The zero-order valence-electron chi connectivity index (χ0n) is 27.0. The molecule has 0 aromatic heterocycles. The zero-order chi connectivity index (χ0) is 31.8. The number of ether oxygens (including phenoxy) is 1. The number of anilines is 1. The summed E-state index contributed by atoms with van der Waals surface area (Å²) in [7, 11) is -2.19. The minimum atomic E-state index is -3.79. The Morgan fingerprint density at radius 3 is 2.02 bits per heavy atom. The van der Waals surface area contributed by atoms with Gasteiger partial charge in [0.2, 0.25) is 21.8 Å². The molecule has 9 heteroatoms. The average Bonchev–Trinajstić information content (AvgIpc) is 3.01. The van der Waals surface area contributed by atoms with Crippen LogP contribution in [0.4, 0.5) is 5.69 Å². The predicted molar refractivity (Wildman–Crippen MR) is 177 cm³/mol. The molecule has 0 saturated heterocycles. The second-order valence-electron chi connectivity index (χ2n) is 14.4. The predicted octanol–water partition coefficient (Wildman–Crippen LogP) is 5.80. The molecule has 5 aliphatic carbocycles. The van der Waals surface area contributed by atoms with Crippen LogP contribution < -0.4 is 14.4 Å². The maximum absolute atomic E-state index is 14.1. The van der Waals surface area contributed by atoms with Crippen molar-refractivity contribution in [1.82, 2.24) is 10.2 Å². The molecule has 1 N–H and O–H groups in total. The lowest BCUT2D eigenvalue weighted by Gasteiger charge is -2.57. The smallest absolute Gasteiger partial charge is 0.244 e. The van der Waals surface area contributed by atoms with E-state index in [2.05, 4.69) is 17.4 Å². The fraction of sp³-hybridized carbons (Fsp3) is 0.611. The second-order valence-corrected chi connectivity index (χ2v) is 16.3. The molecule has 45 heavy (non-hydrogen) atoms. The lowest BCUT2D eigenvalue weighted by Crippen LogP contribution is -2.53. The standard InChI is InChI=1S/C36H49N3O5S/c1-25(35(41)37-31-7-5-4-6-8-31)38(23-26-9-15-33(44-2)16-10-26)34(40)24-39(45(3,42)43)32-13-11-30(12-14-32)36-20-27-17-28(21-36)19-29(18-27)22-36/h9-16,25,27-29,31H,4-8,17-24H2,1-3H3,(H,37,41)/t25-,27?,28?,29?,36?/m1/s1. The molecule has 0 radical (unpaired) electrons. The van der Waals surface area contributed by atoms with Gasteiger partial charge in [-0.15, -0.1) is 0 Å². The maximum atomic E-state index is 14.1. The highest BCUT2D eigenvalue weighted by atomic mass is 32.2. The molecule has 2 aromatic rings. The minimum Gasteiger partial charge on any atom is -0.497 e. The van der Waals surface area contributed by atoms with E-state index in [4.69, 9.17) is 4.74 Å². The van der Waals surface area contributed by atoms with Crippen molar-refractivity contribution in [3.63, 3.8) is 0 Å². The van der Waals surface area contributed by atoms with Crippen molar-refractivity contribution in [2.75, 3.05) is 24.2 Å². The summed E-state index contributed by atoms with van der Waals surface area (Å²) in [4.78, 5) is 29.0. The molecular formula is C36H49N3O5S. The number of hydrogen-bond acceptors (Lipinski definition) is 5. The zero-order valence-corrected chi connectivity index (χ0v) is 27.9. The van der Waals surface area contributed by atoms with Gasteiger partial charge in [-0.3, -0.25) is 13.9 Å². The Kier molecular flexibility index (Phi) is 9.19. The Balaban J connectivity index is 1.22. The number of sulfonamides is 1. The van der Waals surface area contributed by atoms with Crippen LogP contribution in [-0.2, 0) is 31.6 Å². The molecule has 0 unspecified atom stereocenters. The van der Waals surface area contributed by atoms with Crippen molar-refractivity contribution < 1.29 is 22.7 Å². The summed E-state index contributed by atoms with van der Waals surface area (Å²) in [5.41, 5.74) is 2.81. The van der Waals surface area contributed by atoms with E-state index in [9.17, 15) is 18.0 Å². The van der Waals surface area contributed by atoms with Crippen LogP contribution in [0.5, 0.6) is 5.75 Å². The Hall–Kier alpha value is -3.07. The van der Waals surface area contributed by atoms with E-state index in [0.29, 0.717) is 11.4 Å². The summed E-state index contributed by atoms with van der Waals surface area (Å²) in [6.07, 6.45) is 14.1. The number of rotatable bonds is 11. The van der Waals surface area contributed by atoms with Gasteiger partial charge in [0, 0.05) is 12.6 Å². The molecule has 0 heterocycles. The number of benzene rings is 2. The molecule has 244 valence electrons. The first-order valence-electron chi connectivity index (χ1n) is 16.8. The van der Waals surface area contributed by atoms with Crippen LogP contribution in [0.1, 0.15) is 88.7 Å². The highest BCUT2D eigenvalue weighted by Crippen LogP contribution is 2.60. The molecule has 8 nitrogen and oxygen atoms in total. The summed E-state index contributed by atoms with van der Waals surface area (Å²) in [6.45, 7) is 1.52. The molecule has 2 aromatic carbocycles. The highest BCUT2D eigenvalue weighted by Gasteiger charge is 2.51. The molecular weight excluding hydrogens is 586 g/mol. The van der Waals surface area contributed by atoms with E-state index in [1.54, 1.807) is 14.0 Å². The third-order valence-electron chi connectivity index (χ3n) is 11.1. The lowest BCUT2D eigenvalue weighted by atomic mass is 9.48. The van der Waals surface area contributed by atoms with E-state index >= 15 is 0 Å².